The Kier molecular flexibility index (Phi) is 3.51. The van der Waals surface area contributed by atoms with Crippen LogP contribution < -0.4 is 4.90 Å². The zero-order valence-corrected chi connectivity index (χ0v) is 11.1. The number of pyridine rings is 1. The van der Waals surface area contributed by atoms with E-state index < -0.39 is 5.97 Å². The zero-order chi connectivity index (χ0) is 14.0. The summed E-state index contributed by atoms with van der Waals surface area (Å²) in [5.41, 5.74) is 2.61. The average molecular weight is 256 g/mol. The number of benzene rings is 1. The number of nitrogens with zero attached hydrogens (tertiary/aromatic N) is 2. The number of rotatable bonds is 4. The number of carboxylic acids is 1. The van der Waals surface area contributed by atoms with Crippen LogP contribution in [0.3, 0.4) is 0 Å². The first kappa shape index (κ1) is 13.1. The third-order valence-corrected chi connectivity index (χ3v) is 2.83. The van der Waals surface area contributed by atoms with E-state index in [1.165, 1.54) is 0 Å². The maximum atomic E-state index is 11.1. The molecule has 0 aliphatic rings. The summed E-state index contributed by atoms with van der Waals surface area (Å²) in [5, 5.41) is 10.1. The van der Waals surface area contributed by atoms with Gasteiger partial charge in [0.25, 0.3) is 0 Å². The van der Waals surface area contributed by atoms with Crippen LogP contribution >= 0.6 is 0 Å². The Bertz CT molecular complexity index is 650. The highest BCUT2D eigenvalue weighted by Gasteiger charge is 2.13. The van der Waals surface area contributed by atoms with E-state index in [9.17, 15) is 4.79 Å². The molecule has 1 aromatic carbocycles. The van der Waals surface area contributed by atoms with Gasteiger partial charge in [-0.15, -0.1) is 0 Å². The van der Waals surface area contributed by atoms with Crippen molar-refractivity contribution in [2.45, 2.75) is 6.92 Å². The van der Waals surface area contributed by atoms with Crippen LogP contribution in [0.5, 0.6) is 0 Å². The highest BCUT2D eigenvalue weighted by atomic mass is 16.4. The molecule has 98 valence electrons. The quantitative estimate of drug-likeness (QED) is 0.854. The van der Waals surface area contributed by atoms with Crippen LogP contribution in [0.1, 0.15) is 17.4 Å². The van der Waals surface area contributed by atoms with Crippen molar-refractivity contribution in [1.82, 2.24) is 4.98 Å². The van der Waals surface area contributed by atoms with Crippen LogP contribution in [0, 0.1) is 0 Å². The maximum absolute atomic E-state index is 11.1. The van der Waals surface area contributed by atoms with Crippen LogP contribution in [0.2, 0.25) is 0 Å². The third kappa shape index (κ3) is 2.73. The molecule has 0 atom stereocenters. The predicted octanol–water partition coefficient (Wildman–Crippen LogP) is 2.95. The SMILES string of the molecule is C=C(C)CN(C)c1cc(C(=O)O)nc2ccccc12. The molecule has 0 amide bonds. The van der Waals surface area contributed by atoms with Gasteiger partial charge in [-0.25, -0.2) is 9.78 Å². The molecule has 1 N–H and O–H groups in total. The molecule has 0 spiro atoms. The Balaban J connectivity index is 2.62. The predicted molar refractivity (Wildman–Crippen MR) is 76.8 cm³/mol. The van der Waals surface area contributed by atoms with Crippen LogP contribution in [0.15, 0.2) is 42.5 Å². The molecule has 19 heavy (non-hydrogen) atoms. The van der Waals surface area contributed by atoms with Gasteiger partial charge >= 0.3 is 5.97 Å². The molecule has 0 aliphatic carbocycles. The largest absolute Gasteiger partial charge is 0.477 e. The van der Waals surface area contributed by atoms with Gasteiger partial charge in [0, 0.05) is 24.7 Å². The summed E-state index contributed by atoms with van der Waals surface area (Å²) < 4.78 is 0. The molecule has 0 bridgehead atoms. The Morgan fingerprint density at radius 1 is 1.42 bits per heavy atom. The van der Waals surface area contributed by atoms with Crippen LogP contribution in [-0.4, -0.2) is 29.7 Å². The van der Waals surface area contributed by atoms with Crippen LogP contribution in [0.25, 0.3) is 10.9 Å². The second kappa shape index (κ2) is 5.10. The summed E-state index contributed by atoms with van der Waals surface area (Å²) in [6.07, 6.45) is 0. The lowest BCUT2D eigenvalue weighted by atomic mass is 10.1. The molecule has 2 rings (SSSR count). The number of aromatic nitrogens is 1. The van der Waals surface area contributed by atoms with Gasteiger partial charge in [-0.3, -0.25) is 0 Å². The van der Waals surface area contributed by atoms with Gasteiger partial charge in [0.1, 0.15) is 0 Å². The standard InChI is InChI=1S/C15H16N2O2/c1-10(2)9-17(3)14-8-13(15(18)19)16-12-7-5-4-6-11(12)14/h4-8H,1,9H2,2-3H3,(H,18,19). The molecule has 4 heteroatoms. The van der Waals surface area contributed by atoms with E-state index >= 15 is 0 Å². The summed E-state index contributed by atoms with van der Waals surface area (Å²) >= 11 is 0. The number of para-hydroxylation sites is 1. The van der Waals surface area contributed by atoms with Gasteiger partial charge in [0.05, 0.1) is 5.52 Å². The van der Waals surface area contributed by atoms with E-state index in [1.54, 1.807) is 6.07 Å². The lowest BCUT2D eigenvalue weighted by molar-refractivity contribution is 0.0691. The number of carboxylic acid groups (broad SMARTS) is 1. The van der Waals surface area contributed by atoms with Gasteiger partial charge in [0.2, 0.25) is 0 Å². The average Bonchev–Trinajstić information content (AvgIpc) is 2.36. The lowest BCUT2D eigenvalue weighted by Crippen LogP contribution is -2.20. The molecule has 0 saturated carbocycles. The number of aromatic carboxylic acids is 1. The topological polar surface area (TPSA) is 53.4 Å². The highest BCUT2D eigenvalue weighted by Crippen LogP contribution is 2.26. The van der Waals surface area contributed by atoms with E-state index in [2.05, 4.69) is 11.6 Å². The monoisotopic (exact) mass is 256 g/mol. The molecular formula is C15H16N2O2. The van der Waals surface area contributed by atoms with Crippen molar-refractivity contribution < 1.29 is 9.90 Å². The Morgan fingerprint density at radius 2 is 2.11 bits per heavy atom. The Hall–Kier alpha value is -2.36. The normalized spacial score (nSPS) is 10.4. The van der Waals surface area contributed by atoms with Crippen molar-refractivity contribution in [2.24, 2.45) is 0 Å². The maximum Gasteiger partial charge on any atom is 0.354 e. The fourth-order valence-corrected chi connectivity index (χ4v) is 2.07. The molecule has 1 heterocycles. The number of anilines is 1. The zero-order valence-electron chi connectivity index (χ0n) is 11.1. The smallest absolute Gasteiger partial charge is 0.354 e. The molecular weight excluding hydrogens is 240 g/mol. The molecule has 0 unspecified atom stereocenters. The fourth-order valence-electron chi connectivity index (χ4n) is 2.07. The number of likely N-dealkylation sites (N-methyl/N-ethyl adjacent to an activating group) is 1. The number of carbonyl (C=O) groups is 1. The van der Waals surface area contributed by atoms with Crippen molar-refractivity contribution in [3.05, 3.63) is 48.2 Å². The molecule has 0 aliphatic heterocycles. The molecule has 1 aromatic heterocycles. The van der Waals surface area contributed by atoms with E-state index in [1.807, 2.05) is 43.1 Å². The van der Waals surface area contributed by atoms with E-state index in [4.69, 9.17) is 5.11 Å². The fraction of sp³-hybridized carbons (Fsp3) is 0.200. The lowest BCUT2D eigenvalue weighted by Gasteiger charge is -2.21. The third-order valence-electron chi connectivity index (χ3n) is 2.83. The number of fused-ring (bicyclic) bond motifs is 1. The molecule has 0 saturated heterocycles. The van der Waals surface area contributed by atoms with E-state index in [0.29, 0.717) is 12.1 Å². The van der Waals surface area contributed by atoms with Gasteiger partial charge in [0.15, 0.2) is 5.69 Å². The molecule has 0 radical (unpaired) electrons. The van der Waals surface area contributed by atoms with Crippen molar-refractivity contribution in [1.29, 1.82) is 0 Å². The summed E-state index contributed by atoms with van der Waals surface area (Å²) in [4.78, 5) is 17.3. The van der Waals surface area contributed by atoms with Crippen molar-refractivity contribution in [3.63, 3.8) is 0 Å². The van der Waals surface area contributed by atoms with Crippen molar-refractivity contribution >= 4 is 22.6 Å². The van der Waals surface area contributed by atoms with Gasteiger partial charge < -0.3 is 10.0 Å². The van der Waals surface area contributed by atoms with Crippen LogP contribution in [-0.2, 0) is 0 Å². The Morgan fingerprint density at radius 3 is 2.74 bits per heavy atom. The molecule has 2 aromatic rings. The van der Waals surface area contributed by atoms with Gasteiger partial charge in [-0.05, 0) is 19.1 Å². The minimum atomic E-state index is -1.02. The van der Waals surface area contributed by atoms with Crippen molar-refractivity contribution in [3.8, 4) is 0 Å². The minimum Gasteiger partial charge on any atom is -0.477 e. The van der Waals surface area contributed by atoms with Crippen LogP contribution in [0.4, 0.5) is 5.69 Å². The Labute approximate surface area is 112 Å². The molecule has 4 nitrogen and oxygen atoms in total. The van der Waals surface area contributed by atoms with Crippen molar-refractivity contribution in [2.75, 3.05) is 18.5 Å². The van der Waals surface area contributed by atoms with Gasteiger partial charge in [-0.1, -0.05) is 30.4 Å². The number of hydrogen-bond acceptors (Lipinski definition) is 3. The first-order valence-electron chi connectivity index (χ1n) is 5.97. The second-order valence-corrected chi connectivity index (χ2v) is 4.66. The summed E-state index contributed by atoms with van der Waals surface area (Å²) in [7, 11) is 1.92. The first-order valence-corrected chi connectivity index (χ1v) is 5.97. The van der Waals surface area contributed by atoms with Gasteiger partial charge in [-0.2, -0.15) is 0 Å². The number of hydrogen-bond donors (Lipinski definition) is 1. The summed E-state index contributed by atoms with van der Waals surface area (Å²) in [5.74, 6) is -1.02. The van der Waals surface area contributed by atoms with E-state index in [-0.39, 0.29) is 5.69 Å². The molecule has 0 fully saturated rings. The minimum absolute atomic E-state index is 0.0577. The summed E-state index contributed by atoms with van der Waals surface area (Å²) in [6, 6.07) is 9.14. The second-order valence-electron chi connectivity index (χ2n) is 4.66. The summed E-state index contributed by atoms with van der Waals surface area (Å²) in [6.45, 7) is 6.50. The first-order chi connectivity index (χ1) is 8.99. The highest BCUT2D eigenvalue weighted by molar-refractivity contribution is 5.97. The van der Waals surface area contributed by atoms with E-state index in [0.717, 1.165) is 16.6 Å².